The zero-order valence-corrected chi connectivity index (χ0v) is 28.0. The van der Waals surface area contributed by atoms with Gasteiger partial charge in [-0.3, -0.25) is 9.97 Å². The van der Waals surface area contributed by atoms with Gasteiger partial charge >= 0.3 is 0 Å². The first-order valence-corrected chi connectivity index (χ1v) is 17.0. The quantitative estimate of drug-likeness (QED) is 0.285. The molecule has 2 aliphatic rings. The van der Waals surface area contributed by atoms with Gasteiger partial charge in [0.1, 0.15) is 0 Å². The lowest BCUT2D eigenvalue weighted by molar-refractivity contribution is 0.337. The van der Waals surface area contributed by atoms with Gasteiger partial charge in [-0.25, -0.2) is 0 Å². The maximum atomic E-state index is 5.49. The van der Waals surface area contributed by atoms with Crippen molar-refractivity contribution >= 4 is 22.1 Å². The Morgan fingerprint density at radius 3 is 1.10 bits per heavy atom. The SMILES string of the molecule is CCc1c(CC)c2cc3[nH]c(cc4nc(cc5nc(cc1[nH]2)C(C)C5(CC)CC)C(CC)(CC)C4C)c(CC)c3CC. The molecule has 2 unspecified atom stereocenters. The highest BCUT2D eigenvalue weighted by Crippen LogP contribution is 2.51. The zero-order chi connectivity index (χ0) is 30.4. The van der Waals surface area contributed by atoms with Crippen LogP contribution >= 0.6 is 0 Å². The number of hydrogen-bond donors (Lipinski definition) is 2. The smallest absolute Gasteiger partial charge is 0.0493 e. The van der Waals surface area contributed by atoms with Gasteiger partial charge in [-0.15, -0.1) is 0 Å². The Hall–Kier alpha value is -2.88. The van der Waals surface area contributed by atoms with Crippen LogP contribution in [-0.2, 0) is 36.5 Å². The lowest BCUT2D eigenvalue weighted by atomic mass is 9.68. The lowest BCUT2D eigenvalue weighted by Crippen LogP contribution is -2.29. The molecule has 4 nitrogen and oxygen atoms in total. The molecule has 0 saturated carbocycles. The Morgan fingerprint density at radius 2 is 0.810 bits per heavy atom. The fourth-order valence-corrected chi connectivity index (χ4v) is 8.74. The highest BCUT2D eigenvalue weighted by molar-refractivity contribution is 5.79. The minimum atomic E-state index is 0.0200. The van der Waals surface area contributed by atoms with Crippen molar-refractivity contribution in [3.8, 4) is 0 Å². The summed E-state index contributed by atoms with van der Waals surface area (Å²) in [5.74, 6) is 0.688. The summed E-state index contributed by atoms with van der Waals surface area (Å²) in [7, 11) is 0. The monoisotopic (exact) mass is 566 g/mol. The number of nitrogens with zero attached hydrogens (tertiary/aromatic N) is 2. The maximum Gasteiger partial charge on any atom is 0.0493 e. The van der Waals surface area contributed by atoms with Crippen molar-refractivity contribution in [2.75, 3.05) is 0 Å². The van der Waals surface area contributed by atoms with Gasteiger partial charge < -0.3 is 9.97 Å². The molecule has 5 rings (SSSR count). The van der Waals surface area contributed by atoms with E-state index in [1.807, 2.05) is 0 Å². The molecule has 0 saturated heterocycles. The number of nitrogens with one attached hydrogen (secondary N) is 2. The summed E-state index contributed by atoms with van der Waals surface area (Å²) in [6.45, 7) is 23.3. The number of rotatable bonds is 8. The van der Waals surface area contributed by atoms with Gasteiger partial charge in [0.2, 0.25) is 0 Å². The Kier molecular flexibility index (Phi) is 8.49. The standard InChI is InChI=1S/C38H54N4/c1-11-25-27(13-3)33-21-34-28(14-4)26(12-2)32(40-34)20-30-24(10)38(17-7,18-8)36(42-30)22-35-37(15-5,16-6)23(9)29(41-35)19-31(25)39-33/h19-24,39-40H,11-18H2,1-10H3. The minimum Gasteiger partial charge on any atom is -0.355 e. The van der Waals surface area contributed by atoms with Crippen molar-refractivity contribution in [3.05, 3.63) is 69.3 Å². The number of hydrogen-bond acceptors (Lipinski definition) is 2. The summed E-state index contributed by atoms with van der Waals surface area (Å²) in [5, 5.41) is 0. The third-order valence-corrected chi connectivity index (χ3v) is 11.7. The normalized spacial score (nSPS) is 19.4. The highest BCUT2D eigenvalue weighted by atomic mass is 14.9. The molecule has 5 heterocycles. The summed E-state index contributed by atoms with van der Waals surface area (Å²) in [5.41, 5.74) is 15.5. The highest BCUT2D eigenvalue weighted by Gasteiger charge is 2.45. The van der Waals surface area contributed by atoms with Crippen molar-refractivity contribution in [3.63, 3.8) is 0 Å². The fraction of sp³-hybridized carbons (Fsp3) is 0.579. The number of H-pyrrole nitrogens is 2. The molecule has 2 atom stereocenters. The second-order valence-electron chi connectivity index (χ2n) is 12.8. The van der Waals surface area contributed by atoms with Gasteiger partial charge in [-0.1, -0.05) is 69.2 Å². The molecule has 0 aliphatic carbocycles. The third kappa shape index (κ3) is 4.38. The summed E-state index contributed by atoms with van der Waals surface area (Å²) >= 11 is 0. The van der Waals surface area contributed by atoms with Crippen LogP contribution in [0.5, 0.6) is 0 Å². The van der Waals surface area contributed by atoms with Gasteiger partial charge in [0.05, 0.1) is 0 Å². The molecule has 3 aromatic rings. The number of aromatic nitrogens is 4. The van der Waals surface area contributed by atoms with Gasteiger partial charge in [0, 0.05) is 67.5 Å². The van der Waals surface area contributed by atoms with E-state index in [4.69, 9.17) is 9.97 Å². The van der Waals surface area contributed by atoms with Crippen molar-refractivity contribution in [1.29, 1.82) is 0 Å². The summed E-state index contributed by atoms with van der Waals surface area (Å²) in [6, 6.07) is 9.56. The van der Waals surface area contributed by atoms with E-state index in [9.17, 15) is 0 Å². The third-order valence-electron chi connectivity index (χ3n) is 11.7. The van der Waals surface area contributed by atoms with Gasteiger partial charge in [0.25, 0.3) is 0 Å². The Morgan fingerprint density at radius 1 is 0.500 bits per heavy atom. The van der Waals surface area contributed by atoms with Gasteiger partial charge in [-0.05, 0) is 97.9 Å². The topological polar surface area (TPSA) is 57.4 Å². The molecule has 42 heavy (non-hydrogen) atoms. The largest absolute Gasteiger partial charge is 0.355 e. The van der Waals surface area contributed by atoms with E-state index in [2.05, 4.69) is 103 Å². The first kappa shape index (κ1) is 30.6. The first-order chi connectivity index (χ1) is 20.2. The predicted molar refractivity (Wildman–Crippen MR) is 180 cm³/mol. The second-order valence-corrected chi connectivity index (χ2v) is 12.8. The molecule has 0 amide bonds. The molecule has 4 heteroatoms. The van der Waals surface area contributed by atoms with Crippen molar-refractivity contribution in [2.24, 2.45) is 0 Å². The Bertz CT molecular complexity index is 1490. The van der Waals surface area contributed by atoms with Crippen molar-refractivity contribution in [1.82, 2.24) is 19.9 Å². The summed E-state index contributed by atoms with van der Waals surface area (Å²) < 4.78 is 0. The molecule has 8 bridgehead atoms. The molecule has 226 valence electrons. The van der Waals surface area contributed by atoms with E-state index >= 15 is 0 Å². The molecular formula is C38H54N4. The molecular weight excluding hydrogens is 512 g/mol. The van der Waals surface area contributed by atoms with Crippen LogP contribution in [-0.4, -0.2) is 19.9 Å². The molecule has 0 spiro atoms. The van der Waals surface area contributed by atoms with Gasteiger partial charge in [-0.2, -0.15) is 0 Å². The Labute approximate surface area is 254 Å². The fourth-order valence-electron chi connectivity index (χ4n) is 8.74. The average molecular weight is 567 g/mol. The predicted octanol–water partition coefficient (Wildman–Crippen LogP) is 10.3. The van der Waals surface area contributed by atoms with Crippen LogP contribution in [0.15, 0.2) is 24.3 Å². The van der Waals surface area contributed by atoms with E-state index < -0.39 is 0 Å². The van der Waals surface area contributed by atoms with E-state index in [-0.39, 0.29) is 10.8 Å². The van der Waals surface area contributed by atoms with Crippen molar-refractivity contribution < 1.29 is 0 Å². The van der Waals surface area contributed by atoms with Crippen LogP contribution in [0.4, 0.5) is 0 Å². The van der Waals surface area contributed by atoms with Crippen LogP contribution in [0.3, 0.4) is 0 Å². The zero-order valence-electron chi connectivity index (χ0n) is 28.0. The number of aryl methyl sites for hydroxylation is 4. The first-order valence-electron chi connectivity index (χ1n) is 17.0. The van der Waals surface area contributed by atoms with Crippen LogP contribution in [0, 0.1) is 0 Å². The molecule has 2 N–H and O–H groups in total. The van der Waals surface area contributed by atoms with Crippen LogP contribution in [0.1, 0.15) is 152 Å². The van der Waals surface area contributed by atoms with E-state index in [1.54, 1.807) is 0 Å². The van der Waals surface area contributed by atoms with Crippen LogP contribution in [0.25, 0.3) is 22.1 Å². The minimum absolute atomic E-state index is 0.0200. The number of fused-ring (bicyclic) bond motifs is 8. The van der Waals surface area contributed by atoms with Crippen LogP contribution < -0.4 is 0 Å². The van der Waals surface area contributed by atoms with E-state index in [1.165, 1.54) is 67.1 Å². The molecule has 0 radical (unpaired) electrons. The van der Waals surface area contributed by atoms with E-state index in [0.29, 0.717) is 11.8 Å². The van der Waals surface area contributed by atoms with E-state index in [0.717, 1.165) is 51.4 Å². The second kappa shape index (κ2) is 11.7. The molecule has 0 aromatic carbocycles. The number of aromatic amines is 2. The average Bonchev–Trinajstić information content (AvgIpc) is 3.67. The summed E-state index contributed by atoms with van der Waals surface area (Å²) in [4.78, 5) is 18.7. The summed E-state index contributed by atoms with van der Waals surface area (Å²) in [6.07, 6.45) is 8.31. The Balaban J connectivity index is 2.03. The molecule has 3 aromatic heterocycles. The van der Waals surface area contributed by atoms with Crippen LogP contribution in [0.2, 0.25) is 0 Å². The molecule has 2 aliphatic heterocycles. The van der Waals surface area contributed by atoms with Crippen molar-refractivity contribution in [2.45, 2.75) is 143 Å². The van der Waals surface area contributed by atoms with Gasteiger partial charge in [0.15, 0.2) is 0 Å². The lowest BCUT2D eigenvalue weighted by Gasteiger charge is -2.34. The maximum absolute atomic E-state index is 5.49. The molecule has 0 fully saturated rings.